The predicted molar refractivity (Wildman–Crippen MR) is 142 cm³/mol. The molecular weight excluding hydrogens is 481 g/mol. The average molecular weight is 514 g/mol. The van der Waals surface area contributed by atoms with E-state index in [0.29, 0.717) is 37.3 Å². The number of benzene rings is 1. The number of halogens is 1. The molecule has 0 aliphatic carbocycles. The number of piperidine rings is 1. The standard InChI is InChI=1S/C30H32FN5O2/c1-19-4-10-27(33-13-19)25-17-35(28-11-5-22(12-32)14-34-28)18-26(25)29(37)36-15-20(2)30(38,21(3)16-36)23-6-8-24(31)9-7-23/h4-11,13-14,20-21,25-26,38H,15-18H2,1-3H3/t20-,21+,25-,26-,30?/m1/s1. The van der Waals surface area contributed by atoms with Crippen LogP contribution in [-0.4, -0.2) is 52.1 Å². The maximum atomic E-state index is 14.1. The Morgan fingerprint density at radius 3 is 2.29 bits per heavy atom. The lowest BCUT2D eigenvalue weighted by molar-refractivity contribution is -0.152. The molecule has 7 nitrogen and oxygen atoms in total. The lowest BCUT2D eigenvalue weighted by atomic mass is 9.70. The van der Waals surface area contributed by atoms with Crippen LogP contribution in [0, 0.1) is 41.8 Å². The minimum absolute atomic E-state index is 0.0355. The maximum absolute atomic E-state index is 14.1. The Balaban J connectivity index is 1.40. The molecule has 2 saturated heterocycles. The maximum Gasteiger partial charge on any atom is 0.228 e. The fourth-order valence-corrected chi connectivity index (χ4v) is 6.08. The number of nitrogens with zero attached hydrogens (tertiary/aromatic N) is 5. The quantitative estimate of drug-likeness (QED) is 0.567. The Kier molecular flexibility index (Phi) is 6.89. The van der Waals surface area contributed by atoms with Gasteiger partial charge in [0.25, 0.3) is 0 Å². The molecule has 2 aliphatic heterocycles. The van der Waals surface area contributed by atoms with Gasteiger partial charge in [0.2, 0.25) is 5.91 Å². The molecule has 2 aromatic heterocycles. The minimum atomic E-state index is -1.16. The molecule has 0 radical (unpaired) electrons. The van der Waals surface area contributed by atoms with Crippen molar-refractivity contribution in [3.8, 4) is 6.07 Å². The van der Waals surface area contributed by atoms with E-state index in [0.717, 1.165) is 17.1 Å². The van der Waals surface area contributed by atoms with Gasteiger partial charge in [0.15, 0.2) is 0 Å². The number of aliphatic hydroxyl groups is 1. The number of anilines is 1. The zero-order valence-electron chi connectivity index (χ0n) is 21.9. The molecule has 0 saturated carbocycles. The second-order valence-corrected chi connectivity index (χ2v) is 10.8. The molecule has 1 aromatic carbocycles. The topological polar surface area (TPSA) is 93.4 Å². The van der Waals surface area contributed by atoms with Crippen LogP contribution in [0.4, 0.5) is 10.2 Å². The second kappa shape index (κ2) is 10.1. The van der Waals surface area contributed by atoms with Crippen LogP contribution in [-0.2, 0) is 10.4 Å². The molecule has 1 amide bonds. The third-order valence-corrected chi connectivity index (χ3v) is 8.26. The average Bonchev–Trinajstić information content (AvgIpc) is 3.37. The number of likely N-dealkylation sites (tertiary alicyclic amines) is 1. The molecule has 2 fully saturated rings. The SMILES string of the molecule is Cc1ccc([C@@H]2CN(c3ccc(C#N)cn3)C[C@H]2C(=O)N2C[C@@H](C)C(O)(c3ccc(F)cc3)[C@@H](C)C2)nc1. The van der Waals surface area contributed by atoms with Gasteiger partial charge >= 0.3 is 0 Å². The van der Waals surface area contributed by atoms with E-state index in [2.05, 4.69) is 20.9 Å². The van der Waals surface area contributed by atoms with E-state index in [-0.39, 0.29) is 35.4 Å². The molecule has 1 N–H and O–H groups in total. The van der Waals surface area contributed by atoms with Crippen molar-refractivity contribution in [2.24, 2.45) is 17.8 Å². The summed E-state index contributed by atoms with van der Waals surface area (Å²) in [7, 11) is 0. The predicted octanol–water partition coefficient (Wildman–Crippen LogP) is 4.02. The Hall–Kier alpha value is -3.83. The molecule has 1 unspecified atom stereocenters. The minimum Gasteiger partial charge on any atom is -0.384 e. The number of rotatable bonds is 4. The van der Waals surface area contributed by atoms with Gasteiger partial charge in [-0.05, 0) is 48.4 Å². The van der Waals surface area contributed by atoms with Crippen LogP contribution >= 0.6 is 0 Å². The fourth-order valence-electron chi connectivity index (χ4n) is 6.08. The van der Waals surface area contributed by atoms with Crippen molar-refractivity contribution in [1.29, 1.82) is 5.26 Å². The third-order valence-electron chi connectivity index (χ3n) is 8.26. The highest BCUT2D eigenvalue weighted by molar-refractivity contribution is 5.82. The molecular formula is C30H32FN5O2. The van der Waals surface area contributed by atoms with Gasteiger partial charge in [-0.25, -0.2) is 9.37 Å². The molecule has 38 heavy (non-hydrogen) atoms. The first-order chi connectivity index (χ1) is 18.2. The third kappa shape index (κ3) is 4.63. The molecule has 5 rings (SSSR count). The molecule has 0 bridgehead atoms. The molecule has 0 spiro atoms. The van der Waals surface area contributed by atoms with Gasteiger partial charge in [0.05, 0.1) is 17.1 Å². The summed E-state index contributed by atoms with van der Waals surface area (Å²) in [4.78, 5) is 27.2. The number of pyridine rings is 2. The molecule has 5 atom stereocenters. The summed E-state index contributed by atoms with van der Waals surface area (Å²) in [6.45, 7) is 7.75. The highest BCUT2D eigenvalue weighted by Crippen LogP contribution is 2.43. The van der Waals surface area contributed by atoms with E-state index in [9.17, 15) is 14.3 Å². The van der Waals surface area contributed by atoms with Crippen molar-refractivity contribution >= 4 is 11.7 Å². The first-order valence-electron chi connectivity index (χ1n) is 13.0. The van der Waals surface area contributed by atoms with Crippen molar-refractivity contribution in [3.63, 3.8) is 0 Å². The van der Waals surface area contributed by atoms with Crippen molar-refractivity contribution in [1.82, 2.24) is 14.9 Å². The lowest BCUT2D eigenvalue weighted by Gasteiger charge is -2.48. The van der Waals surface area contributed by atoms with Gasteiger partial charge < -0.3 is 14.9 Å². The van der Waals surface area contributed by atoms with E-state index >= 15 is 0 Å². The normalized spacial score (nSPS) is 27.3. The van der Waals surface area contributed by atoms with Crippen molar-refractivity contribution in [2.45, 2.75) is 32.3 Å². The number of hydrogen-bond acceptors (Lipinski definition) is 6. The molecule has 2 aliphatic rings. The zero-order valence-corrected chi connectivity index (χ0v) is 21.9. The van der Waals surface area contributed by atoms with E-state index in [1.54, 1.807) is 24.4 Å². The summed E-state index contributed by atoms with van der Waals surface area (Å²) in [5.74, 6) is -0.522. The summed E-state index contributed by atoms with van der Waals surface area (Å²) in [6.07, 6.45) is 3.38. The summed E-state index contributed by atoms with van der Waals surface area (Å²) < 4.78 is 13.5. The van der Waals surface area contributed by atoms with Crippen molar-refractivity contribution in [2.75, 3.05) is 31.1 Å². The van der Waals surface area contributed by atoms with Crippen LogP contribution in [0.3, 0.4) is 0 Å². The smallest absolute Gasteiger partial charge is 0.228 e. The van der Waals surface area contributed by atoms with Crippen LogP contribution in [0.1, 0.15) is 42.1 Å². The number of aryl methyl sites for hydroxylation is 1. The van der Waals surface area contributed by atoms with Gasteiger partial charge in [0, 0.05) is 62.0 Å². The van der Waals surface area contributed by atoms with E-state index in [1.807, 2.05) is 50.1 Å². The monoisotopic (exact) mass is 513 g/mol. The second-order valence-electron chi connectivity index (χ2n) is 10.8. The first-order valence-corrected chi connectivity index (χ1v) is 13.0. The first kappa shape index (κ1) is 25.8. The molecule has 196 valence electrons. The molecule has 8 heteroatoms. The Bertz CT molecular complexity index is 1330. The Morgan fingerprint density at radius 2 is 1.71 bits per heavy atom. The number of aromatic nitrogens is 2. The van der Waals surface area contributed by atoms with Crippen LogP contribution in [0.15, 0.2) is 60.9 Å². The summed E-state index contributed by atoms with van der Waals surface area (Å²) in [5, 5.41) is 20.8. The molecule has 4 heterocycles. The van der Waals surface area contributed by atoms with Gasteiger partial charge in [0.1, 0.15) is 17.7 Å². The van der Waals surface area contributed by atoms with Crippen LogP contribution in [0.25, 0.3) is 0 Å². The summed E-state index contributed by atoms with van der Waals surface area (Å²) in [6, 6.07) is 15.7. The van der Waals surface area contributed by atoms with Crippen LogP contribution in [0.2, 0.25) is 0 Å². The Labute approximate surface area is 222 Å². The van der Waals surface area contributed by atoms with E-state index in [4.69, 9.17) is 5.26 Å². The number of hydrogen-bond donors (Lipinski definition) is 1. The van der Waals surface area contributed by atoms with Crippen LogP contribution in [0.5, 0.6) is 0 Å². The Morgan fingerprint density at radius 1 is 1.00 bits per heavy atom. The van der Waals surface area contributed by atoms with Crippen LogP contribution < -0.4 is 4.90 Å². The van der Waals surface area contributed by atoms with E-state index in [1.165, 1.54) is 12.1 Å². The summed E-state index contributed by atoms with van der Waals surface area (Å²) >= 11 is 0. The number of carbonyl (C=O) groups is 1. The van der Waals surface area contributed by atoms with Crippen molar-refractivity contribution in [3.05, 3.63) is 89.1 Å². The van der Waals surface area contributed by atoms with Gasteiger partial charge in [-0.1, -0.05) is 32.0 Å². The largest absolute Gasteiger partial charge is 0.384 e. The number of nitriles is 1. The number of carbonyl (C=O) groups excluding carboxylic acids is 1. The zero-order chi connectivity index (χ0) is 27.0. The summed E-state index contributed by atoms with van der Waals surface area (Å²) in [5.41, 5.74) is 1.93. The van der Waals surface area contributed by atoms with Gasteiger partial charge in [-0.2, -0.15) is 5.26 Å². The molecule has 3 aromatic rings. The lowest BCUT2D eigenvalue weighted by Crippen LogP contribution is -2.57. The van der Waals surface area contributed by atoms with Gasteiger partial charge in [-0.3, -0.25) is 9.78 Å². The van der Waals surface area contributed by atoms with Crippen molar-refractivity contribution < 1.29 is 14.3 Å². The highest BCUT2D eigenvalue weighted by atomic mass is 19.1. The number of amides is 1. The fraction of sp³-hybridized carbons (Fsp3) is 0.400. The highest BCUT2D eigenvalue weighted by Gasteiger charge is 2.49. The van der Waals surface area contributed by atoms with E-state index < -0.39 is 5.60 Å². The van der Waals surface area contributed by atoms with Gasteiger partial charge in [-0.15, -0.1) is 0 Å².